The molecule has 136 valence electrons. The van der Waals surface area contributed by atoms with Crippen molar-refractivity contribution in [1.29, 1.82) is 0 Å². The van der Waals surface area contributed by atoms with Crippen LogP contribution in [0.25, 0.3) is 0 Å². The van der Waals surface area contributed by atoms with E-state index in [0.29, 0.717) is 18.8 Å². The fourth-order valence-electron chi connectivity index (χ4n) is 2.85. The van der Waals surface area contributed by atoms with Crippen molar-refractivity contribution in [2.75, 3.05) is 40.3 Å². The first kappa shape index (κ1) is 19.5. The van der Waals surface area contributed by atoms with E-state index in [9.17, 15) is 8.42 Å². The molecule has 1 aromatic rings. The van der Waals surface area contributed by atoms with E-state index in [1.807, 2.05) is 13.8 Å². The Hall–Kier alpha value is -0.860. The van der Waals surface area contributed by atoms with Crippen molar-refractivity contribution in [2.45, 2.75) is 31.0 Å². The molecule has 0 aromatic heterocycles. The molecule has 0 spiro atoms. The molecule has 0 amide bonds. The van der Waals surface area contributed by atoms with Crippen molar-refractivity contribution in [3.05, 3.63) is 23.2 Å². The lowest BCUT2D eigenvalue weighted by Gasteiger charge is -2.35. The lowest BCUT2D eigenvalue weighted by molar-refractivity contribution is -0.0681. The second-order valence-corrected chi connectivity index (χ2v) is 8.56. The molecule has 1 fully saturated rings. The third-order valence-corrected chi connectivity index (χ3v) is 6.39. The number of halogens is 1. The summed E-state index contributed by atoms with van der Waals surface area (Å²) in [6.45, 7) is 6.69. The smallest absolute Gasteiger partial charge is 0.244 e. The number of nitrogens with zero attached hydrogens (tertiary/aromatic N) is 2. The monoisotopic (exact) mass is 376 g/mol. The molecular weight excluding hydrogens is 352 g/mol. The zero-order chi connectivity index (χ0) is 17.9. The first-order chi connectivity index (χ1) is 11.2. The highest BCUT2D eigenvalue weighted by atomic mass is 35.5. The average Bonchev–Trinajstić information content (AvgIpc) is 2.52. The summed E-state index contributed by atoms with van der Waals surface area (Å²) in [4.78, 5) is 2.28. The van der Waals surface area contributed by atoms with Gasteiger partial charge in [-0.1, -0.05) is 11.6 Å². The Morgan fingerprint density at radius 2 is 1.96 bits per heavy atom. The minimum Gasteiger partial charge on any atom is -0.497 e. The number of hydrogen-bond acceptors (Lipinski definition) is 5. The zero-order valence-corrected chi connectivity index (χ0v) is 16.1. The van der Waals surface area contributed by atoms with Gasteiger partial charge in [-0.15, -0.1) is 0 Å². The van der Waals surface area contributed by atoms with Crippen LogP contribution in [0, 0.1) is 0 Å². The molecule has 1 aromatic carbocycles. The van der Waals surface area contributed by atoms with E-state index in [-0.39, 0.29) is 22.1 Å². The van der Waals surface area contributed by atoms with Crippen molar-refractivity contribution in [2.24, 2.45) is 0 Å². The van der Waals surface area contributed by atoms with Crippen molar-refractivity contribution in [3.63, 3.8) is 0 Å². The van der Waals surface area contributed by atoms with Crippen LogP contribution < -0.4 is 4.74 Å². The first-order valence-electron chi connectivity index (χ1n) is 7.91. The van der Waals surface area contributed by atoms with Crippen LogP contribution in [0.2, 0.25) is 5.02 Å². The maximum absolute atomic E-state index is 12.8. The molecule has 2 rings (SSSR count). The minimum atomic E-state index is -3.67. The Morgan fingerprint density at radius 3 is 2.54 bits per heavy atom. The van der Waals surface area contributed by atoms with E-state index in [1.54, 1.807) is 13.1 Å². The Kier molecular flexibility index (Phi) is 6.50. The van der Waals surface area contributed by atoms with E-state index < -0.39 is 10.0 Å². The second-order valence-electron chi connectivity index (χ2n) is 6.14. The van der Waals surface area contributed by atoms with E-state index in [4.69, 9.17) is 21.1 Å². The number of likely N-dealkylation sites (N-methyl/N-ethyl adjacent to an activating group) is 1. The third kappa shape index (κ3) is 4.61. The van der Waals surface area contributed by atoms with Gasteiger partial charge in [-0.2, -0.15) is 4.31 Å². The number of hydrogen-bond donors (Lipinski definition) is 0. The molecular formula is C16H25ClN2O4S. The highest BCUT2D eigenvalue weighted by Gasteiger charge is 2.26. The van der Waals surface area contributed by atoms with Crippen LogP contribution >= 0.6 is 11.6 Å². The van der Waals surface area contributed by atoms with Gasteiger partial charge < -0.3 is 9.47 Å². The Balaban J connectivity index is 2.06. The quantitative estimate of drug-likeness (QED) is 0.760. The van der Waals surface area contributed by atoms with Crippen LogP contribution in [-0.4, -0.2) is 70.2 Å². The Bertz CT molecular complexity index is 658. The molecule has 1 aliphatic rings. The number of morpholine rings is 1. The predicted molar refractivity (Wildman–Crippen MR) is 94.3 cm³/mol. The van der Waals surface area contributed by atoms with Crippen LogP contribution in [0.15, 0.2) is 23.1 Å². The van der Waals surface area contributed by atoms with Crippen LogP contribution in [0.5, 0.6) is 5.75 Å². The van der Waals surface area contributed by atoms with Crippen LogP contribution in [0.1, 0.15) is 13.8 Å². The van der Waals surface area contributed by atoms with Crippen LogP contribution in [0.4, 0.5) is 0 Å². The van der Waals surface area contributed by atoms with Crippen LogP contribution in [-0.2, 0) is 14.8 Å². The van der Waals surface area contributed by atoms with Gasteiger partial charge in [-0.05, 0) is 26.0 Å². The zero-order valence-electron chi connectivity index (χ0n) is 14.5. The summed E-state index contributed by atoms with van der Waals surface area (Å²) in [5.41, 5.74) is 0. The molecule has 0 aliphatic carbocycles. The van der Waals surface area contributed by atoms with Gasteiger partial charge in [0.1, 0.15) is 10.6 Å². The summed E-state index contributed by atoms with van der Waals surface area (Å²) >= 11 is 6.08. The Labute approximate surface area is 149 Å². The molecule has 0 radical (unpaired) electrons. The predicted octanol–water partition coefficient (Wildman–Crippen LogP) is 2.08. The summed E-state index contributed by atoms with van der Waals surface area (Å²) in [7, 11) is -0.609. The number of sulfonamides is 1. The fraction of sp³-hybridized carbons (Fsp3) is 0.625. The minimum absolute atomic E-state index is 0.0646. The highest BCUT2D eigenvalue weighted by Crippen LogP contribution is 2.28. The lowest BCUT2D eigenvalue weighted by Crippen LogP contribution is -2.48. The summed E-state index contributed by atoms with van der Waals surface area (Å²) in [5, 5.41) is 0.191. The molecule has 1 saturated heterocycles. The maximum atomic E-state index is 12.8. The Morgan fingerprint density at radius 1 is 1.33 bits per heavy atom. The topological polar surface area (TPSA) is 59.1 Å². The van der Waals surface area contributed by atoms with Crippen molar-refractivity contribution < 1.29 is 17.9 Å². The number of benzene rings is 1. The van der Waals surface area contributed by atoms with Crippen LogP contribution in [0.3, 0.4) is 0 Å². The summed E-state index contributed by atoms with van der Waals surface area (Å²) in [5.74, 6) is 0.460. The summed E-state index contributed by atoms with van der Waals surface area (Å²) in [6.07, 6.45) is 0.312. The summed E-state index contributed by atoms with van der Waals surface area (Å²) in [6, 6.07) is 4.62. The maximum Gasteiger partial charge on any atom is 0.244 e. The normalized spacial score (nSPS) is 22.8. The van der Waals surface area contributed by atoms with Gasteiger partial charge in [0.25, 0.3) is 0 Å². The van der Waals surface area contributed by atoms with Gasteiger partial charge in [0.05, 0.1) is 24.3 Å². The molecule has 1 heterocycles. The van der Waals surface area contributed by atoms with E-state index in [2.05, 4.69) is 4.90 Å². The van der Waals surface area contributed by atoms with E-state index in [0.717, 1.165) is 13.1 Å². The fourth-order valence-corrected chi connectivity index (χ4v) is 4.49. The third-order valence-electron chi connectivity index (χ3n) is 4.05. The molecule has 0 N–H and O–H groups in total. The van der Waals surface area contributed by atoms with Gasteiger partial charge in [0, 0.05) is 39.3 Å². The molecule has 8 heteroatoms. The number of methoxy groups -OCH3 is 1. The van der Waals surface area contributed by atoms with Gasteiger partial charge in [-0.3, -0.25) is 4.90 Å². The molecule has 1 aliphatic heterocycles. The van der Waals surface area contributed by atoms with Gasteiger partial charge in [0.15, 0.2) is 0 Å². The lowest BCUT2D eigenvalue weighted by atomic mass is 10.2. The van der Waals surface area contributed by atoms with Gasteiger partial charge in [-0.25, -0.2) is 8.42 Å². The van der Waals surface area contributed by atoms with E-state index in [1.165, 1.54) is 23.5 Å². The standard InChI is InChI=1S/C16H25ClN2O4S/c1-12-10-19(11-13(2)23-12)8-7-18(3)24(20,21)16-9-14(22-4)5-6-15(16)17/h5-6,9,12-13H,7-8,10-11H2,1-4H3/t12-,13+. The largest absolute Gasteiger partial charge is 0.497 e. The molecule has 2 atom stereocenters. The molecule has 0 bridgehead atoms. The van der Waals surface area contributed by atoms with Gasteiger partial charge >= 0.3 is 0 Å². The van der Waals surface area contributed by atoms with Crippen molar-refractivity contribution >= 4 is 21.6 Å². The second kappa shape index (κ2) is 8.01. The number of ether oxygens (including phenoxy) is 2. The van der Waals surface area contributed by atoms with Crippen molar-refractivity contribution in [1.82, 2.24) is 9.21 Å². The highest BCUT2D eigenvalue weighted by molar-refractivity contribution is 7.89. The van der Waals surface area contributed by atoms with E-state index >= 15 is 0 Å². The number of rotatable bonds is 6. The molecule has 24 heavy (non-hydrogen) atoms. The first-order valence-corrected chi connectivity index (χ1v) is 9.73. The SMILES string of the molecule is COc1ccc(Cl)c(S(=O)(=O)N(C)CCN2C[C@@H](C)O[C@@H](C)C2)c1. The van der Waals surface area contributed by atoms with Crippen molar-refractivity contribution in [3.8, 4) is 5.75 Å². The molecule has 6 nitrogen and oxygen atoms in total. The van der Waals surface area contributed by atoms with Gasteiger partial charge in [0.2, 0.25) is 10.0 Å². The molecule has 0 unspecified atom stereocenters. The average molecular weight is 377 g/mol. The molecule has 0 saturated carbocycles. The summed E-state index contributed by atoms with van der Waals surface area (Å²) < 4.78 is 37.7.